The van der Waals surface area contributed by atoms with Crippen molar-refractivity contribution in [2.45, 2.75) is 12.5 Å². The van der Waals surface area contributed by atoms with Crippen LogP contribution >= 0.6 is 0 Å². The summed E-state index contributed by atoms with van der Waals surface area (Å²) in [5.74, 6) is 0.757. The maximum atomic E-state index is 13.2. The normalized spacial score (nSPS) is 17.2. The quantitative estimate of drug-likeness (QED) is 0.802. The number of hydrogen-bond donors (Lipinski definition) is 0. The average molecular weight is 378 g/mol. The summed E-state index contributed by atoms with van der Waals surface area (Å²) < 4.78 is 49.3. The zero-order chi connectivity index (χ0) is 18.9. The lowest BCUT2D eigenvalue weighted by Gasteiger charge is -2.22. The fraction of sp³-hybridized carbons (Fsp3) is 0.278. The van der Waals surface area contributed by atoms with Crippen LogP contribution in [0.2, 0.25) is 0 Å². The molecule has 6 nitrogen and oxygen atoms in total. The summed E-state index contributed by atoms with van der Waals surface area (Å²) in [5, 5.41) is 4.29. The minimum absolute atomic E-state index is 0.356. The Morgan fingerprint density at radius 3 is 2.15 bits per heavy atom. The van der Waals surface area contributed by atoms with Gasteiger partial charge in [0, 0.05) is 12.5 Å². The van der Waals surface area contributed by atoms with Gasteiger partial charge in [-0.25, -0.2) is 12.8 Å². The molecule has 3 rings (SSSR count). The number of ether oxygens (including phenoxy) is 2. The number of hydrogen-bond acceptors (Lipinski definition) is 5. The minimum atomic E-state index is -3.60. The number of hydrazone groups is 1. The summed E-state index contributed by atoms with van der Waals surface area (Å²) in [6.07, 6.45) is 1.46. The van der Waals surface area contributed by atoms with E-state index in [0.29, 0.717) is 34.8 Å². The van der Waals surface area contributed by atoms with Crippen molar-refractivity contribution in [1.82, 2.24) is 4.41 Å². The molecule has 1 atom stereocenters. The van der Waals surface area contributed by atoms with Gasteiger partial charge in [-0.15, -0.1) is 0 Å². The molecule has 0 radical (unpaired) electrons. The monoisotopic (exact) mass is 378 g/mol. The van der Waals surface area contributed by atoms with Gasteiger partial charge in [-0.2, -0.15) is 9.52 Å². The summed E-state index contributed by atoms with van der Waals surface area (Å²) in [5.41, 5.74) is 1.95. The van der Waals surface area contributed by atoms with Gasteiger partial charge in [0.15, 0.2) is 0 Å². The molecule has 1 heterocycles. The molecular formula is C18H19FN2O4S. The molecule has 0 amide bonds. The lowest BCUT2D eigenvalue weighted by atomic mass is 9.98. The number of halogens is 1. The second-order valence-electron chi connectivity index (χ2n) is 5.96. The first-order valence-corrected chi connectivity index (χ1v) is 9.72. The van der Waals surface area contributed by atoms with Crippen LogP contribution < -0.4 is 9.47 Å². The van der Waals surface area contributed by atoms with E-state index in [1.807, 2.05) is 0 Å². The van der Waals surface area contributed by atoms with E-state index in [1.165, 1.54) is 26.4 Å². The predicted molar refractivity (Wildman–Crippen MR) is 96.5 cm³/mol. The average Bonchev–Trinajstić information content (AvgIpc) is 3.07. The Morgan fingerprint density at radius 2 is 1.65 bits per heavy atom. The molecule has 0 N–H and O–H groups in total. The van der Waals surface area contributed by atoms with Crippen molar-refractivity contribution in [3.8, 4) is 11.5 Å². The highest BCUT2D eigenvalue weighted by Crippen LogP contribution is 2.37. The molecule has 2 aromatic carbocycles. The fourth-order valence-electron chi connectivity index (χ4n) is 2.88. The molecule has 0 bridgehead atoms. The zero-order valence-corrected chi connectivity index (χ0v) is 15.5. The Labute approximate surface area is 151 Å². The van der Waals surface area contributed by atoms with Gasteiger partial charge in [0.1, 0.15) is 17.3 Å². The van der Waals surface area contributed by atoms with E-state index in [9.17, 15) is 12.8 Å². The molecule has 1 unspecified atom stereocenters. The van der Waals surface area contributed by atoms with Crippen LogP contribution in [0.25, 0.3) is 0 Å². The lowest BCUT2D eigenvalue weighted by Crippen LogP contribution is -2.26. The highest BCUT2D eigenvalue weighted by atomic mass is 32.2. The van der Waals surface area contributed by atoms with Crippen molar-refractivity contribution in [1.29, 1.82) is 0 Å². The second-order valence-corrected chi connectivity index (χ2v) is 7.80. The first-order valence-electron chi connectivity index (χ1n) is 7.87. The van der Waals surface area contributed by atoms with Gasteiger partial charge >= 0.3 is 0 Å². The third-order valence-corrected chi connectivity index (χ3v) is 5.16. The van der Waals surface area contributed by atoms with Crippen LogP contribution in [0, 0.1) is 5.82 Å². The smallest absolute Gasteiger partial charge is 0.247 e. The molecule has 26 heavy (non-hydrogen) atoms. The SMILES string of the molecule is COc1cc(OC)cc(C2CC(c3ccc(F)cc3)=NN2S(C)(=O)=O)c1. The van der Waals surface area contributed by atoms with Crippen molar-refractivity contribution < 1.29 is 22.3 Å². The Morgan fingerprint density at radius 1 is 1.08 bits per heavy atom. The summed E-state index contributed by atoms with van der Waals surface area (Å²) >= 11 is 0. The number of methoxy groups -OCH3 is 2. The van der Waals surface area contributed by atoms with Crippen molar-refractivity contribution in [3.05, 3.63) is 59.4 Å². The van der Waals surface area contributed by atoms with Crippen LogP contribution in [0.5, 0.6) is 11.5 Å². The van der Waals surface area contributed by atoms with E-state index < -0.39 is 16.1 Å². The van der Waals surface area contributed by atoms with Crippen LogP contribution in [-0.4, -0.2) is 39.0 Å². The Bertz CT molecular complexity index is 920. The minimum Gasteiger partial charge on any atom is -0.497 e. The molecule has 138 valence electrons. The molecule has 1 aliphatic rings. The van der Waals surface area contributed by atoms with Crippen molar-refractivity contribution in [2.24, 2.45) is 5.10 Å². The van der Waals surface area contributed by atoms with Gasteiger partial charge in [0.2, 0.25) is 10.0 Å². The molecule has 0 aliphatic carbocycles. The number of benzene rings is 2. The molecule has 0 saturated heterocycles. The van der Waals surface area contributed by atoms with Crippen molar-refractivity contribution in [2.75, 3.05) is 20.5 Å². The molecule has 2 aromatic rings. The topological polar surface area (TPSA) is 68.2 Å². The number of sulfonamides is 1. The van der Waals surface area contributed by atoms with E-state index in [0.717, 1.165) is 10.7 Å². The zero-order valence-electron chi connectivity index (χ0n) is 14.6. The van der Waals surface area contributed by atoms with Crippen LogP contribution in [0.3, 0.4) is 0 Å². The molecule has 0 aromatic heterocycles. The van der Waals surface area contributed by atoms with Gasteiger partial charge in [0.25, 0.3) is 0 Å². The molecule has 0 saturated carbocycles. The van der Waals surface area contributed by atoms with Crippen LogP contribution in [0.15, 0.2) is 47.6 Å². The van der Waals surface area contributed by atoms with E-state index in [4.69, 9.17) is 9.47 Å². The van der Waals surface area contributed by atoms with Gasteiger partial charge in [-0.1, -0.05) is 12.1 Å². The third kappa shape index (κ3) is 3.65. The van der Waals surface area contributed by atoms with Gasteiger partial charge in [-0.05, 0) is 35.4 Å². The summed E-state index contributed by atoms with van der Waals surface area (Å²) in [7, 11) is -0.538. The Kier molecular flexibility index (Phi) is 4.86. The Hall–Kier alpha value is -2.61. The first-order chi connectivity index (χ1) is 12.3. The van der Waals surface area contributed by atoms with Gasteiger partial charge < -0.3 is 9.47 Å². The van der Waals surface area contributed by atoms with E-state index >= 15 is 0 Å². The third-order valence-electron chi connectivity index (χ3n) is 4.15. The van der Waals surface area contributed by atoms with Gasteiger partial charge in [-0.3, -0.25) is 0 Å². The van der Waals surface area contributed by atoms with E-state index in [1.54, 1.807) is 30.3 Å². The highest BCUT2D eigenvalue weighted by molar-refractivity contribution is 7.88. The number of nitrogens with zero attached hydrogens (tertiary/aromatic N) is 2. The molecule has 8 heteroatoms. The van der Waals surface area contributed by atoms with Crippen LogP contribution in [0.1, 0.15) is 23.6 Å². The standard InChI is InChI=1S/C18H19FN2O4S/c1-24-15-8-13(9-16(10-15)25-2)18-11-17(20-21(18)26(3,22)23)12-4-6-14(19)7-5-12/h4-10,18H,11H2,1-3H3. The Balaban J connectivity index is 2.03. The number of rotatable bonds is 5. The summed E-state index contributed by atoms with van der Waals surface area (Å²) in [6.45, 7) is 0. The van der Waals surface area contributed by atoms with E-state index in [-0.39, 0.29) is 5.82 Å². The van der Waals surface area contributed by atoms with Crippen LogP contribution in [-0.2, 0) is 10.0 Å². The van der Waals surface area contributed by atoms with Crippen LogP contribution in [0.4, 0.5) is 4.39 Å². The van der Waals surface area contributed by atoms with E-state index in [2.05, 4.69) is 5.10 Å². The second kappa shape index (κ2) is 6.95. The molecule has 0 spiro atoms. The van der Waals surface area contributed by atoms with Gasteiger partial charge in [0.05, 0.1) is 32.2 Å². The first kappa shape index (κ1) is 18.2. The largest absolute Gasteiger partial charge is 0.497 e. The molecule has 1 aliphatic heterocycles. The van der Waals surface area contributed by atoms with Crippen molar-refractivity contribution >= 4 is 15.7 Å². The maximum absolute atomic E-state index is 13.2. The highest BCUT2D eigenvalue weighted by Gasteiger charge is 2.35. The lowest BCUT2D eigenvalue weighted by molar-refractivity contribution is 0.364. The predicted octanol–water partition coefficient (Wildman–Crippen LogP) is 2.95. The maximum Gasteiger partial charge on any atom is 0.247 e. The van der Waals surface area contributed by atoms with Crippen molar-refractivity contribution in [3.63, 3.8) is 0 Å². The summed E-state index contributed by atoms with van der Waals surface area (Å²) in [6, 6.07) is 10.5. The molecule has 0 fully saturated rings. The fourth-order valence-corrected chi connectivity index (χ4v) is 3.79. The summed E-state index contributed by atoms with van der Waals surface area (Å²) in [4.78, 5) is 0. The molecular weight excluding hydrogens is 359 g/mol.